The molecule has 0 aromatic rings. The predicted molar refractivity (Wildman–Crippen MR) is 79.9 cm³/mol. The molecule has 0 aromatic heterocycles. The Morgan fingerprint density at radius 3 is 1.71 bits per heavy atom. The fraction of sp³-hybridized carbons (Fsp3) is 1.00. The summed E-state index contributed by atoms with van der Waals surface area (Å²) < 4.78 is 152. The maximum Gasteiger partial charge on any atom is 0.460 e. The van der Waals surface area contributed by atoms with E-state index in [-0.39, 0.29) is 6.61 Å². The molecule has 0 aliphatic carbocycles. The highest BCUT2D eigenvalue weighted by molar-refractivity contribution is 7.90. The van der Waals surface area contributed by atoms with Crippen molar-refractivity contribution in [2.24, 2.45) is 0 Å². The van der Waals surface area contributed by atoms with Crippen molar-refractivity contribution in [1.29, 1.82) is 0 Å². The van der Waals surface area contributed by atoms with Gasteiger partial charge in [-0.25, -0.2) is 8.42 Å². The van der Waals surface area contributed by atoms with E-state index in [1.54, 1.807) is 0 Å². The van der Waals surface area contributed by atoms with Gasteiger partial charge in [0.1, 0.15) is 0 Å². The van der Waals surface area contributed by atoms with E-state index in [1.807, 2.05) is 0 Å². The van der Waals surface area contributed by atoms with Gasteiger partial charge in [0, 0.05) is 6.61 Å². The lowest BCUT2D eigenvalue weighted by Gasteiger charge is -2.34. The highest BCUT2D eigenvalue weighted by atomic mass is 32.2. The molecule has 0 spiro atoms. The van der Waals surface area contributed by atoms with Crippen LogP contribution in [0.5, 0.6) is 0 Å². The van der Waals surface area contributed by atoms with Crippen LogP contribution >= 0.6 is 0 Å². The zero-order valence-electron chi connectivity index (χ0n) is 15.2. The molecule has 0 aromatic carbocycles. The number of nitrogens with zero attached hydrogens (tertiary/aromatic N) is 1. The van der Waals surface area contributed by atoms with E-state index in [9.17, 15) is 47.9 Å². The van der Waals surface area contributed by atoms with E-state index in [4.69, 9.17) is 9.16 Å². The summed E-state index contributed by atoms with van der Waals surface area (Å²) in [5.74, 6) is -17.1. The molecule has 168 valence electrons. The molecule has 0 amide bonds. The third-order valence-electron chi connectivity index (χ3n) is 3.62. The van der Waals surface area contributed by atoms with Crippen LogP contribution in [0.15, 0.2) is 0 Å². The maximum absolute atomic E-state index is 14.0. The number of ether oxygens (including phenoxy) is 1. The van der Waals surface area contributed by atoms with Crippen molar-refractivity contribution >= 4 is 18.3 Å². The molecule has 16 heteroatoms. The van der Waals surface area contributed by atoms with Gasteiger partial charge >= 0.3 is 23.3 Å². The Morgan fingerprint density at radius 2 is 1.39 bits per heavy atom. The van der Waals surface area contributed by atoms with Crippen LogP contribution in [0.2, 0.25) is 19.6 Å². The first-order chi connectivity index (χ1) is 12.0. The molecule has 1 heterocycles. The first-order valence-electron chi connectivity index (χ1n) is 7.63. The lowest BCUT2D eigenvalue weighted by Crippen LogP contribution is -2.64. The molecule has 0 bridgehead atoms. The topological polar surface area (TPSA) is 55.6 Å². The zero-order chi connectivity index (χ0) is 22.8. The van der Waals surface area contributed by atoms with Crippen LogP contribution < -0.4 is 0 Å². The minimum atomic E-state index is -7.33. The molecular formula is C12H18F9NO4SSi. The van der Waals surface area contributed by atoms with Crippen LogP contribution in [-0.2, 0) is 19.2 Å². The Labute approximate surface area is 155 Å². The number of rotatable bonds is 8. The summed E-state index contributed by atoms with van der Waals surface area (Å²) in [6.45, 7) is 6.16. The SMILES string of the molecule is CCOC1(O[Si](C)(C)C)C(C)N1S(=O)(=O)C(F)(F)C(F)(F)C(F)(F)C(F)(F)F. The average molecular weight is 471 g/mol. The van der Waals surface area contributed by atoms with Gasteiger partial charge in [-0.2, -0.15) is 39.5 Å². The number of hydrogen-bond donors (Lipinski definition) is 0. The molecule has 28 heavy (non-hydrogen) atoms. The van der Waals surface area contributed by atoms with E-state index in [1.165, 1.54) is 26.6 Å². The fourth-order valence-corrected chi connectivity index (χ4v) is 5.41. The highest BCUT2D eigenvalue weighted by Crippen LogP contribution is 2.59. The van der Waals surface area contributed by atoms with Crippen LogP contribution in [0.3, 0.4) is 0 Å². The van der Waals surface area contributed by atoms with Crippen molar-refractivity contribution < 1.29 is 57.1 Å². The molecule has 0 saturated carbocycles. The summed E-state index contributed by atoms with van der Waals surface area (Å²) >= 11 is 0. The van der Waals surface area contributed by atoms with Gasteiger partial charge in [0.25, 0.3) is 15.9 Å². The van der Waals surface area contributed by atoms with Gasteiger partial charge in [-0.05, 0) is 33.5 Å². The Kier molecular flexibility index (Phi) is 6.10. The van der Waals surface area contributed by atoms with Crippen molar-refractivity contribution in [2.45, 2.75) is 68.7 Å². The van der Waals surface area contributed by atoms with E-state index >= 15 is 0 Å². The molecule has 5 nitrogen and oxygen atoms in total. The lowest BCUT2D eigenvalue weighted by molar-refractivity contribution is -0.382. The van der Waals surface area contributed by atoms with Crippen molar-refractivity contribution in [3.63, 3.8) is 0 Å². The minimum absolute atomic E-state index is 0.360. The van der Waals surface area contributed by atoms with E-state index < -0.39 is 57.9 Å². The predicted octanol–water partition coefficient (Wildman–Crippen LogP) is 3.99. The van der Waals surface area contributed by atoms with Crippen LogP contribution in [-0.4, -0.2) is 62.9 Å². The van der Waals surface area contributed by atoms with Crippen LogP contribution in [0.25, 0.3) is 0 Å². The minimum Gasteiger partial charge on any atom is -0.377 e. The number of alkyl halides is 9. The molecule has 1 fully saturated rings. The van der Waals surface area contributed by atoms with E-state index in [0.717, 1.165) is 6.92 Å². The summed E-state index contributed by atoms with van der Waals surface area (Å²) in [6.07, 6.45) is -7.13. The van der Waals surface area contributed by atoms with Crippen LogP contribution in [0.1, 0.15) is 13.8 Å². The van der Waals surface area contributed by atoms with Gasteiger partial charge in [0.2, 0.25) is 0 Å². The molecule has 0 radical (unpaired) electrons. The third kappa shape index (κ3) is 3.54. The van der Waals surface area contributed by atoms with Crippen molar-refractivity contribution in [2.75, 3.05) is 6.61 Å². The van der Waals surface area contributed by atoms with Crippen molar-refractivity contribution in [3.05, 3.63) is 0 Å². The highest BCUT2D eigenvalue weighted by Gasteiger charge is 2.88. The largest absolute Gasteiger partial charge is 0.460 e. The normalized spacial score (nSPS) is 27.8. The summed E-state index contributed by atoms with van der Waals surface area (Å²) in [6, 6.07) is -1.68. The Balaban J connectivity index is 3.49. The second-order valence-electron chi connectivity index (χ2n) is 6.92. The number of hydrogen-bond acceptors (Lipinski definition) is 4. The van der Waals surface area contributed by atoms with Gasteiger partial charge < -0.3 is 9.16 Å². The Bertz CT molecular complexity index is 707. The van der Waals surface area contributed by atoms with Crippen LogP contribution in [0.4, 0.5) is 39.5 Å². The van der Waals surface area contributed by atoms with Crippen molar-refractivity contribution in [3.8, 4) is 0 Å². The molecule has 0 N–H and O–H groups in total. The summed E-state index contributed by atoms with van der Waals surface area (Å²) in [7, 11) is -9.57. The number of sulfonamides is 1. The molecule has 3 unspecified atom stereocenters. The molecular weight excluding hydrogens is 453 g/mol. The lowest BCUT2D eigenvalue weighted by atomic mass is 10.1. The van der Waals surface area contributed by atoms with Gasteiger partial charge in [0.15, 0.2) is 8.32 Å². The second kappa shape index (κ2) is 6.71. The Morgan fingerprint density at radius 1 is 0.964 bits per heavy atom. The summed E-state index contributed by atoms with van der Waals surface area (Å²) in [5.41, 5.74) is 0. The zero-order valence-corrected chi connectivity index (χ0v) is 17.0. The molecule has 1 saturated heterocycles. The van der Waals surface area contributed by atoms with Crippen LogP contribution in [0, 0.1) is 0 Å². The first kappa shape index (κ1) is 25.5. The van der Waals surface area contributed by atoms with E-state index in [0.29, 0.717) is 0 Å². The summed E-state index contributed by atoms with van der Waals surface area (Å²) in [4.78, 5) is 0. The first-order valence-corrected chi connectivity index (χ1v) is 12.5. The van der Waals surface area contributed by atoms with Crippen molar-refractivity contribution in [1.82, 2.24) is 4.31 Å². The van der Waals surface area contributed by atoms with Gasteiger partial charge in [-0.15, -0.1) is 4.31 Å². The summed E-state index contributed by atoms with van der Waals surface area (Å²) in [5, 5.41) is -6.82. The van der Waals surface area contributed by atoms with Gasteiger partial charge in [-0.1, -0.05) is 0 Å². The third-order valence-corrected chi connectivity index (χ3v) is 6.52. The maximum atomic E-state index is 14.0. The van der Waals surface area contributed by atoms with Gasteiger partial charge in [-0.3, -0.25) is 0 Å². The molecule has 3 atom stereocenters. The Hall–Kier alpha value is -0.583. The fourth-order valence-electron chi connectivity index (χ4n) is 2.36. The average Bonchev–Trinajstić information content (AvgIpc) is 2.98. The second-order valence-corrected chi connectivity index (χ2v) is 13.2. The van der Waals surface area contributed by atoms with Gasteiger partial charge in [0.05, 0.1) is 6.04 Å². The quantitative estimate of drug-likeness (QED) is 0.233. The molecule has 1 aliphatic heterocycles. The smallest absolute Gasteiger partial charge is 0.377 e. The number of halogens is 9. The standard InChI is InChI=1S/C12H18F9NO4SSi/c1-6-25-8(26-28(3,4)5)7(2)22(8)27(23,24)12(20,21)10(15,16)9(13,14)11(17,18)19/h7H,6H2,1-5H3. The monoisotopic (exact) mass is 471 g/mol. The van der Waals surface area contributed by atoms with E-state index in [2.05, 4.69) is 0 Å². The molecule has 1 rings (SSSR count). The molecule has 1 aliphatic rings.